The van der Waals surface area contributed by atoms with Crippen LogP contribution in [0.4, 0.5) is 17.1 Å². The normalized spacial score (nSPS) is 21.2. The molecule has 2 unspecified atom stereocenters. The number of nitrogens with one attached hydrogen (secondary N) is 1. The van der Waals surface area contributed by atoms with Gasteiger partial charge in [-0.15, -0.1) is 0 Å². The van der Waals surface area contributed by atoms with Crippen molar-refractivity contribution in [3.8, 4) is 0 Å². The summed E-state index contributed by atoms with van der Waals surface area (Å²) in [6, 6.07) is 13.2. The third kappa shape index (κ3) is 4.57. The first-order valence-corrected chi connectivity index (χ1v) is 12.3. The van der Waals surface area contributed by atoms with Gasteiger partial charge < -0.3 is 10.1 Å². The fourth-order valence-electron chi connectivity index (χ4n) is 4.42. The molecule has 0 saturated carbocycles. The minimum Gasteiger partial charge on any atom is -0.377 e. The van der Waals surface area contributed by atoms with E-state index in [1.165, 1.54) is 22.9 Å². The van der Waals surface area contributed by atoms with Gasteiger partial charge in [0.2, 0.25) is 0 Å². The van der Waals surface area contributed by atoms with E-state index in [1.54, 1.807) is 37.3 Å². The van der Waals surface area contributed by atoms with Gasteiger partial charge >= 0.3 is 0 Å². The number of nitro groups is 1. The fourth-order valence-corrected chi connectivity index (χ4v) is 5.91. The van der Waals surface area contributed by atoms with E-state index >= 15 is 0 Å². The van der Waals surface area contributed by atoms with Gasteiger partial charge in [0.05, 0.1) is 28.2 Å². The van der Waals surface area contributed by atoms with Crippen LogP contribution in [0.25, 0.3) is 0 Å². The molecular weight excluding hydrogens is 432 g/mol. The van der Waals surface area contributed by atoms with E-state index in [0.717, 1.165) is 25.6 Å². The lowest BCUT2D eigenvalue weighted by Gasteiger charge is -2.35. The van der Waals surface area contributed by atoms with Gasteiger partial charge in [0.25, 0.3) is 15.7 Å². The van der Waals surface area contributed by atoms with E-state index < -0.39 is 14.9 Å². The van der Waals surface area contributed by atoms with E-state index in [0.29, 0.717) is 24.9 Å². The lowest BCUT2D eigenvalue weighted by Crippen LogP contribution is -2.48. The van der Waals surface area contributed by atoms with Crippen molar-refractivity contribution in [1.82, 2.24) is 4.90 Å². The maximum Gasteiger partial charge on any atom is 0.293 e. The Bertz CT molecular complexity index is 1060. The third-order valence-electron chi connectivity index (χ3n) is 6.07. The van der Waals surface area contributed by atoms with Gasteiger partial charge in [-0.3, -0.25) is 19.3 Å². The number of sulfonamides is 1. The zero-order valence-electron chi connectivity index (χ0n) is 18.0. The van der Waals surface area contributed by atoms with Crippen molar-refractivity contribution < 1.29 is 18.1 Å². The Kier molecular flexibility index (Phi) is 6.63. The van der Waals surface area contributed by atoms with Gasteiger partial charge in [0.15, 0.2) is 0 Å². The van der Waals surface area contributed by atoms with Crippen molar-refractivity contribution in [1.29, 1.82) is 0 Å². The lowest BCUT2D eigenvalue weighted by atomic mass is 10.2. The van der Waals surface area contributed by atoms with Crippen LogP contribution in [0, 0.1) is 10.1 Å². The van der Waals surface area contributed by atoms with Crippen molar-refractivity contribution >= 4 is 27.1 Å². The first-order valence-electron chi connectivity index (χ1n) is 10.9. The van der Waals surface area contributed by atoms with Crippen molar-refractivity contribution in [3.63, 3.8) is 0 Å². The standard InChI is InChI=1S/C22H28N4O5S/c1-2-25(17-7-4-3-5-8-17)32(29,30)20-10-11-21(22(13-20)26(27)28)23-14-19-15-24-12-6-9-18(24)16-31-19/h3-5,7-8,10-11,13,18-19,23H,2,6,9,12,14-16H2,1H3. The molecule has 1 N–H and O–H groups in total. The molecule has 2 aromatic carbocycles. The Labute approximate surface area is 188 Å². The molecular formula is C22H28N4O5S. The van der Waals surface area contributed by atoms with Crippen molar-refractivity contribution in [3.05, 3.63) is 58.6 Å². The number of hydrogen-bond donors (Lipinski definition) is 1. The summed E-state index contributed by atoms with van der Waals surface area (Å²) in [5.74, 6) is 0. The molecule has 32 heavy (non-hydrogen) atoms. The zero-order valence-corrected chi connectivity index (χ0v) is 18.8. The van der Waals surface area contributed by atoms with E-state index in [9.17, 15) is 18.5 Å². The van der Waals surface area contributed by atoms with E-state index in [4.69, 9.17) is 4.74 Å². The average Bonchev–Trinajstić information content (AvgIpc) is 3.26. The Morgan fingerprint density at radius 2 is 2.03 bits per heavy atom. The molecule has 0 amide bonds. The summed E-state index contributed by atoms with van der Waals surface area (Å²) in [6.07, 6.45) is 2.26. The molecule has 2 fully saturated rings. The molecule has 2 aliphatic heterocycles. The topological polar surface area (TPSA) is 105 Å². The molecule has 2 atom stereocenters. The monoisotopic (exact) mass is 460 g/mol. The van der Waals surface area contributed by atoms with Crippen LogP contribution >= 0.6 is 0 Å². The Morgan fingerprint density at radius 1 is 1.25 bits per heavy atom. The van der Waals surface area contributed by atoms with E-state index in [2.05, 4.69) is 10.2 Å². The number of anilines is 2. The largest absolute Gasteiger partial charge is 0.377 e. The number of rotatable bonds is 8. The molecule has 9 nitrogen and oxygen atoms in total. The smallest absolute Gasteiger partial charge is 0.293 e. The van der Waals surface area contributed by atoms with Crippen LogP contribution < -0.4 is 9.62 Å². The van der Waals surface area contributed by atoms with Crippen LogP contribution in [-0.4, -0.2) is 63.2 Å². The summed E-state index contributed by atoms with van der Waals surface area (Å²) in [6.45, 7) is 4.88. The number of morpholine rings is 1. The molecule has 0 radical (unpaired) electrons. The Hall–Kier alpha value is -2.69. The second-order valence-electron chi connectivity index (χ2n) is 8.07. The minimum atomic E-state index is -3.95. The van der Waals surface area contributed by atoms with Crippen LogP contribution in [-0.2, 0) is 14.8 Å². The maximum atomic E-state index is 13.2. The first kappa shape index (κ1) is 22.5. The van der Waals surface area contributed by atoms with Crippen LogP contribution in [0.1, 0.15) is 19.8 Å². The molecule has 2 saturated heterocycles. The summed E-state index contributed by atoms with van der Waals surface area (Å²) in [5, 5.41) is 14.8. The second-order valence-corrected chi connectivity index (χ2v) is 9.93. The summed E-state index contributed by atoms with van der Waals surface area (Å²) >= 11 is 0. The summed E-state index contributed by atoms with van der Waals surface area (Å²) < 4.78 is 33.6. The van der Waals surface area contributed by atoms with Crippen LogP contribution in [0.5, 0.6) is 0 Å². The lowest BCUT2D eigenvalue weighted by molar-refractivity contribution is -0.384. The van der Waals surface area contributed by atoms with Gasteiger partial charge in [-0.1, -0.05) is 18.2 Å². The molecule has 10 heteroatoms. The number of nitrogens with zero attached hydrogens (tertiary/aromatic N) is 3. The van der Waals surface area contributed by atoms with Gasteiger partial charge in [0, 0.05) is 31.7 Å². The van der Waals surface area contributed by atoms with Gasteiger partial charge in [-0.25, -0.2) is 8.42 Å². The average molecular weight is 461 g/mol. The quantitative estimate of drug-likeness (QED) is 0.477. The molecule has 0 bridgehead atoms. The number of ether oxygens (including phenoxy) is 1. The van der Waals surface area contributed by atoms with Crippen LogP contribution in [0.15, 0.2) is 53.4 Å². The highest BCUT2D eigenvalue weighted by Gasteiger charge is 2.32. The highest BCUT2D eigenvalue weighted by molar-refractivity contribution is 7.92. The number of para-hydroxylation sites is 1. The third-order valence-corrected chi connectivity index (χ3v) is 7.97. The molecule has 0 spiro atoms. The predicted molar refractivity (Wildman–Crippen MR) is 123 cm³/mol. The van der Waals surface area contributed by atoms with Crippen LogP contribution in [0.3, 0.4) is 0 Å². The van der Waals surface area contributed by atoms with Crippen molar-refractivity contribution in [2.45, 2.75) is 36.8 Å². The molecule has 4 rings (SSSR count). The summed E-state index contributed by atoms with van der Waals surface area (Å²) in [4.78, 5) is 13.5. The molecule has 0 aromatic heterocycles. The minimum absolute atomic E-state index is 0.0685. The highest BCUT2D eigenvalue weighted by Crippen LogP contribution is 2.31. The number of hydrogen-bond acceptors (Lipinski definition) is 7. The van der Waals surface area contributed by atoms with E-state index in [1.807, 2.05) is 0 Å². The highest BCUT2D eigenvalue weighted by atomic mass is 32.2. The van der Waals surface area contributed by atoms with Gasteiger partial charge in [0.1, 0.15) is 5.69 Å². The SMILES string of the molecule is CCN(c1ccccc1)S(=O)(=O)c1ccc(NCC2CN3CCCC3CO2)c([N+](=O)[O-])c1. The Morgan fingerprint density at radius 3 is 2.75 bits per heavy atom. The first-order chi connectivity index (χ1) is 15.4. The molecule has 0 aliphatic carbocycles. The van der Waals surface area contributed by atoms with Gasteiger partial charge in [-0.2, -0.15) is 0 Å². The molecule has 2 heterocycles. The van der Waals surface area contributed by atoms with E-state index in [-0.39, 0.29) is 28.9 Å². The van der Waals surface area contributed by atoms with Crippen molar-refractivity contribution in [2.75, 3.05) is 42.4 Å². The van der Waals surface area contributed by atoms with Crippen molar-refractivity contribution in [2.24, 2.45) is 0 Å². The molecule has 2 aliphatic rings. The number of benzene rings is 2. The fraction of sp³-hybridized carbons (Fsp3) is 0.455. The number of nitro benzene ring substituents is 1. The predicted octanol–water partition coefficient (Wildman–Crippen LogP) is 3.09. The van der Waals surface area contributed by atoms with Gasteiger partial charge in [-0.05, 0) is 50.6 Å². The molecule has 2 aromatic rings. The summed E-state index contributed by atoms with van der Waals surface area (Å²) in [5.41, 5.74) is 0.517. The maximum absolute atomic E-state index is 13.2. The Balaban J connectivity index is 1.53. The van der Waals surface area contributed by atoms with Crippen LogP contribution in [0.2, 0.25) is 0 Å². The molecule has 172 valence electrons. The summed E-state index contributed by atoms with van der Waals surface area (Å²) in [7, 11) is -3.95. The zero-order chi connectivity index (χ0) is 22.7. The number of fused-ring (bicyclic) bond motifs is 1. The second kappa shape index (κ2) is 9.43.